The van der Waals surface area contributed by atoms with Crippen molar-refractivity contribution >= 4 is 23.4 Å². The first kappa shape index (κ1) is 20.9. The number of hydrogen-bond donors (Lipinski definition) is 2. The summed E-state index contributed by atoms with van der Waals surface area (Å²) >= 11 is 0. The van der Waals surface area contributed by atoms with E-state index in [1.807, 2.05) is 27.7 Å². The summed E-state index contributed by atoms with van der Waals surface area (Å²) in [5.74, 6) is -0.0564. The van der Waals surface area contributed by atoms with Gasteiger partial charge in [-0.3, -0.25) is 14.4 Å². The zero-order valence-corrected chi connectivity index (χ0v) is 16.7. The third-order valence-electron chi connectivity index (χ3n) is 4.80. The van der Waals surface area contributed by atoms with E-state index >= 15 is 0 Å². The van der Waals surface area contributed by atoms with Gasteiger partial charge in [-0.05, 0) is 50.3 Å². The smallest absolute Gasteiger partial charge is 0.254 e. The van der Waals surface area contributed by atoms with Gasteiger partial charge in [-0.2, -0.15) is 0 Å². The molecule has 1 saturated heterocycles. The Morgan fingerprint density at radius 2 is 1.96 bits per heavy atom. The SMILES string of the molecule is CCC(C)NC(=O)C1CCCN1C(=O)c1cccc(NC(=O)CC(C)C)c1. The Morgan fingerprint density at radius 1 is 1.22 bits per heavy atom. The normalized spacial score (nSPS) is 17.7. The van der Waals surface area contributed by atoms with Gasteiger partial charge in [0.25, 0.3) is 5.91 Å². The number of rotatable bonds is 7. The summed E-state index contributed by atoms with van der Waals surface area (Å²) in [7, 11) is 0. The van der Waals surface area contributed by atoms with Crippen LogP contribution in [0.4, 0.5) is 5.69 Å². The Balaban J connectivity index is 2.08. The average molecular weight is 373 g/mol. The third-order valence-corrected chi connectivity index (χ3v) is 4.80. The third kappa shape index (κ3) is 5.81. The minimum absolute atomic E-state index is 0.0680. The van der Waals surface area contributed by atoms with Crippen LogP contribution in [-0.4, -0.2) is 41.2 Å². The summed E-state index contributed by atoms with van der Waals surface area (Å²) in [6.07, 6.45) is 2.78. The summed E-state index contributed by atoms with van der Waals surface area (Å²) < 4.78 is 0. The Morgan fingerprint density at radius 3 is 2.63 bits per heavy atom. The van der Waals surface area contributed by atoms with Crippen LogP contribution in [0, 0.1) is 5.92 Å². The Hall–Kier alpha value is -2.37. The molecule has 148 valence electrons. The molecule has 1 aromatic carbocycles. The number of carbonyl (C=O) groups excluding carboxylic acids is 3. The number of likely N-dealkylation sites (tertiary alicyclic amines) is 1. The summed E-state index contributed by atoms with van der Waals surface area (Å²) in [6, 6.07) is 6.60. The van der Waals surface area contributed by atoms with E-state index in [1.54, 1.807) is 29.2 Å². The highest BCUT2D eigenvalue weighted by Crippen LogP contribution is 2.22. The van der Waals surface area contributed by atoms with Crippen LogP contribution in [0.5, 0.6) is 0 Å². The number of anilines is 1. The molecule has 1 aliphatic heterocycles. The van der Waals surface area contributed by atoms with Crippen molar-refractivity contribution in [3.63, 3.8) is 0 Å². The number of amides is 3. The van der Waals surface area contributed by atoms with Gasteiger partial charge in [-0.1, -0.05) is 26.8 Å². The van der Waals surface area contributed by atoms with Gasteiger partial charge in [0.15, 0.2) is 0 Å². The van der Waals surface area contributed by atoms with Crippen LogP contribution in [0.25, 0.3) is 0 Å². The molecular weight excluding hydrogens is 342 g/mol. The predicted octanol–water partition coefficient (Wildman–Crippen LogP) is 3.19. The molecule has 1 fully saturated rings. The summed E-state index contributed by atoms with van der Waals surface area (Å²) in [5.41, 5.74) is 1.09. The van der Waals surface area contributed by atoms with E-state index in [-0.39, 0.29) is 29.7 Å². The molecule has 0 bridgehead atoms. The van der Waals surface area contributed by atoms with Gasteiger partial charge in [0, 0.05) is 30.3 Å². The van der Waals surface area contributed by atoms with Crippen LogP contribution in [0.2, 0.25) is 0 Å². The largest absolute Gasteiger partial charge is 0.352 e. The first-order chi connectivity index (χ1) is 12.8. The number of nitrogens with zero attached hydrogens (tertiary/aromatic N) is 1. The van der Waals surface area contributed by atoms with Gasteiger partial charge >= 0.3 is 0 Å². The second kappa shape index (κ2) is 9.53. The second-order valence-electron chi connectivity index (χ2n) is 7.70. The van der Waals surface area contributed by atoms with E-state index in [9.17, 15) is 14.4 Å². The van der Waals surface area contributed by atoms with Crippen molar-refractivity contribution in [2.45, 2.75) is 65.5 Å². The average Bonchev–Trinajstić information content (AvgIpc) is 3.10. The van der Waals surface area contributed by atoms with Crippen molar-refractivity contribution < 1.29 is 14.4 Å². The lowest BCUT2D eigenvalue weighted by Gasteiger charge is -2.25. The molecule has 0 aliphatic carbocycles. The van der Waals surface area contributed by atoms with E-state index in [1.165, 1.54) is 0 Å². The standard InChI is InChI=1S/C21H31N3O3/c1-5-15(4)22-20(26)18-10-7-11-24(18)21(27)16-8-6-9-17(13-16)23-19(25)12-14(2)3/h6,8-9,13-15,18H,5,7,10-12H2,1-4H3,(H,22,26)(H,23,25). The molecule has 0 spiro atoms. The molecule has 2 N–H and O–H groups in total. The highest BCUT2D eigenvalue weighted by Gasteiger charge is 2.34. The Labute approximate surface area is 161 Å². The van der Waals surface area contributed by atoms with Crippen LogP contribution in [0.15, 0.2) is 24.3 Å². The van der Waals surface area contributed by atoms with E-state index in [2.05, 4.69) is 10.6 Å². The van der Waals surface area contributed by atoms with Gasteiger partial charge < -0.3 is 15.5 Å². The van der Waals surface area contributed by atoms with E-state index in [0.29, 0.717) is 30.6 Å². The Bertz CT molecular complexity index is 687. The van der Waals surface area contributed by atoms with Crippen LogP contribution in [-0.2, 0) is 9.59 Å². The molecule has 27 heavy (non-hydrogen) atoms. The molecule has 1 aliphatic rings. The van der Waals surface area contributed by atoms with E-state index in [0.717, 1.165) is 12.8 Å². The highest BCUT2D eigenvalue weighted by atomic mass is 16.2. The maximum Gasteiger partial charge on any atom is 0.254 e. The number of nitrogens with one attached hydrogen (secondary N) is 2. The number of carbonyl (C=O) groups is 3. The van der Waals surface area contributed by atoms with Gasteiger partial charge in [0.2, 0.25) is 11.8 Å². The maximum atomic E-state index is 13.0. The van der Waals surface area contributed by atoms with Crippen LogP contribution in [0.1, 0.15) is 63.7 Å². The molecule has 2 atom stereocenters. The molecule has 6 nitrogen and oxygen atoms in total. The summed E-state index contributed by atoms with van der Waals surface area (Å²) in [5, 5.41) is 5.81. The lowest BCUT2D eigenvalue weighted by Crippen LogP contribution is -2.48. The monoisotopic (exact) mass is 373 g/mol. The van der Waals surface area contributed by atoms with Crippen molar-refractivity contribution in [3.8, 4) is 0 Å². The quantitative estimate of drug-likeness (QED) is 0.770. The van der Waals surface area contributed by atoms with Crippen molar-refractivity contribution in [3.05, 3.63) is 29.8 Å². The van der Waals surface area contributed by atoms with Crippen molar-refractivity contribution in [2.24, 2.45) is 5.92 Å². The first-order valence-electron chi connectivity index (χ1n) is 9.83. The molecule has 0 aromatic heterocycles. The minimum atomic E-state index is -0.425. The van der Waals surface area contributed by atoms with Gasteiger partial charge in [-0.15, -0.1) is 0 Å². The molecule has 0 radical (unpaired) electrons. The molecule has 2 rings (SSSR count). The fourth-order valence-corrected chi connectivity index (χ4v) is 3.20. The minimum Gasteiger partial charge on any atom is -0.352 e. The van der Waals surface area contributed by atoms with Crippen molar-refractivity contribution in [1.82, 2.24) is 10.2 Å². The van der Waals surface area contributed by atoms with Crippen molar-refractivity contribution in [2.75, 3.05) is 11.9 Å². The van der Waals surface area contributed by atoms with E-state index < -0.39 is 6.04 Å². The molecule has 3 amide bonds. The Kier molecular flexibility index (Phi) is 7.39. The van der Waals surface area contributed by atoms with Crippen LogP contribution in [0.3, 0.4) is 0 Å². The fourth-order valence-electron chi connectivity index (χ4n) is 3.20. The number of hydrogen-bond acceptors (Lipinski definition) is 3. The highest BCUT2D eigenvalue weighted by molar-refractivity contribution is 5.99. The number of benzene rings is 1. The lowest BCUT2D eigenvalue weighted by atomic mass is 10.1. The topological polar surface area (TPSA) is 78.5 Å². The molecule has 2 unspecified atom stereocenters. The predicted molar refractivity (Wildman–Crippen MR) is 106 cm³/mol. The molecule has 0 saturated carbocycles. The van der Waals surface area contributed by atoms with E-state index in [4.69, 9.17) is 0 Å². The van der Waals surface area contributed by atoms with Crippen LogP contribution < -0.4 is 10.6 Å². The lowest BCUT2D eigenvalue weighted by molar-refractivity contribution is -0.125. The van der Waals surface area contributed by atoms with Gasteiger partial charge in [0.05, 0.1) is 0 Å². The maximum absolute atomic E-state index is 13.0. The zero-order chi connectivity index (χ0) is 20.0. The van der Waals surface area contributed by atoms with Crippen molar-refractivity contribution in [1.29, 1.82) is 0 Å². The summed E-state index contributed by atoms with van der Waals surface area (Å²) in [4.78, 5) is 39.1. The molecular formula is C21H31N3O3. The molecule has 1 heterocycles. The fraction of sp³-hybridized carbons (Fsp3) is 0.571. The van der Waals surface area contributed by atoms with Crippen LogP contribution >= 0.6 is 0 Å². The van der Waals surface area contributed by atoms with Gasteiger partial charge in [0.1, 0.15) is 6.04 Å². The zero-order valence-electron chi connectivity index (χ0n) is 16.7. The molecule has 1 aromatic rings. The van der Waals surface area contributed by atoms with Gasteiger partial charge in [-0.25, -0.2) is 0 Å². The first-order valence-corrected chi connectivity index (χ1v) is 9.83. The summed E-state index contributed by atoms with van der Waals surface area (Å²) in [6.45, 7) is 8.51. The second-order valence-corrected chi connectivity index (χ2v) is 7.70. The molecule has 6 heteroatoms.